The van der Waals surface area contributed by atoms with E-state index in [1.54, 1.807) is 18.0 Å². The molecule has 16 heavy (non-hydrogen) atoms. The fourth-order valence-corrected chi connectivity index (χ4v) is 2.38. The van der Waals surface area contributed by atoms with Gasteiger partial charge in [-0.1, -0.05) is 38.4 Å². The van der Waals surface area contributed by atoms with Crippen LogP contribution in [0.15, 0.2) is 23.4 Å². The van der Waals surface area contributed by atoms with Crippen molar-refractivity contribution >= 4 is 29.0 Å². The normalized spacial score (nSPS) is 10.3. The molecule has 1 rings (SSSR count). The molecule has 0 atom stereocenters. The minimum absolute atomic E-state index is 0.440. The quantitative estimate of drug-likeness (QED) is 0.460. The molecule has 0 aliphatic rings. The van der Waals surface area contributed by atoms with Gasteiger partial charge in [0.25, 0.3) is 0 Å². The third kappa shape index (κ3) is 4.94. The second-order valence-corrected chi connectivity index (χ2v) is 5.21. The summed E-state index contributed by atoms with van der Waals surface area (Å²) in [5, 5.41) is 1.02. The van der Waals surface area contributed by atoms with Gasteiger partial charge in [-0.15, -0.1) is 11.8 Å². The number of thioether (sulfide) groups is 1. The molecule has 88 valence electrons. The first-order chi connectivity index (χ1) is 7.74. The molecule has 1 heterocycles. The number of unbranched alkanes of at least 4 members (excludes halogenated alkanes) is 3. The molecule has 0 saturated carbocycles. The van der Waals surface area contributed by atoms with Crippen molar-refractivity contribution < 1.29 is 0 Å². The molecule has 0 unspecified atom stereocenters. The van der Waals surface area contributed by atoms with Crippen molar-refractivity contribution in [3.63, 3.8) is 0 Å². The summed E-state index contributed by atoms with van der Waals surface area (Å²) in [6.07, 6.45) is 6.92. The molecule has 0 amide bonds. The first-order valence-corrected chi connectivity index (χ1v) is 7.02. The summed E-state index contributed by atoms with van der Waals surface area (Å²) in [6.45, 7) is 2.22. The minimum Gasteiger partial charge on any atom is -0.389 e. The Hall–Kier alpha value is -0.610. The molecular weight excluding hydrogens is 236 g/mol. The van der Waals surface area contributed by atoms with E-state index in [0.29, 0.717) is 4.99 Å². The molecule has 0 spiro atoms. The van der Waals surface area contributed by atoms with Gasteiger partial charge in [0.2, 0.25) is 0 Å². The SMILES string of the molecule is CCCCCCSc1cc(C(N)=S)ccn1. The maximum atomic E-state index is 5.57. The summed E-state index contributed by atoms with van der Waals surface area (Å²) >= 11 is 6.71. The van der Waals surface area contributed by atoms with Crippen LogP contribution in [0, 0.1) is 0 Å². The van der Waals surface area contributed by atoms with Crippen LogP contribution < -0.4 is 5.73 Å². The molecule has 0 aliphatic heterocycles. The number of hydrogen-bond acceptors (Lipinski definition) is 3. The van der Waals surface area contributed by atoms with Crippen LogP contribution in [0.25, 0.3) is 0 Å². The zero-order valence-electron chi connectivity index (χ0n) is 9.61. The van der Waals surface area contributed by atoms with Gasteiger partial charge in [0.15, 0.2) is 0 Å². The predicted octanol–water partition coefficient (Wildman–Crippen LogP) is 3.39. The van der Waals surface area contributed by atoms with Crippen molar-refractivity contribution in [1.29, 1.82) is 0 Å². The van der Waals surface area contributed by atoms with E-state index in [2.05, 4.69) is 11.9 Å². The van der Waals surface area contributed by atoms with Crippen molar-refractivity contribution in [2.24, 2.45) is 5.73 Å². The summed E-state index contributed by atoms with van der Waals surface area (Å²) in [6, 6.07) is 3.82. The zero-order chi connectivity index (χ0) is 11.8. The number of thiocarbonyl (C=S) groups is 1. The third-order valence-electron chi connectivity index (χ3n) is 2.27. The summed E-state index contributed by atoms with van der Waals surface area (Å²) in [5.74, 6) is 1.12. The highest BCUT2D eigenvalue weighted by molar-refractivity contribution is 7.99. The topological polar surface area (TPSA) is 38.9 Å². The van der Waals surface area contributed by atoms with Crippen LogP contribution in [0.5, 0.6) is 0 Å². The monoisotopic (exact) mass is 254 g/mol. The molecule has 4 heteroatoms. The predicted molar refractivity (Wildman–Crippen MR) is 75.0 cm³/mol. The number of pyridine rings is 1. The van der Waals surface area contributed by atoms with Gasteiger partial charge in [0, 0.05) is 11.8 Å². The lowest BCUT2D eigenvalue weighted by Gasteiger charge is -2.03. The maximum absolute atomic E-state index is 5.57. The molecule has 0 aliphatic carbocycles. The molecular formula is C12H18N2S2. The standard InChI is InChI=1S/C12H18N2S2/c1-2-3-4-5-8-16-11-9-10(12(13)15)6-7-14-11/h6-7,9H,2-5,8H2,1H3,(H2,13,15). The Labute approximate surface area is 107 Å². The van der Waals surface area contributed by atoms with Gasteiger partial charge in [-0.05, 0) is 24.3 Å². The molecule has 0 aromatic carbocycles. The number of nitrogens with two attached hydrogens (primary N) is 1. The Balaban J connectivity index is 2.36. The van der Waals surface area contributed by atoms with Crippen LogP contribution in [-0.2, 0) is 0 Å². The summed E-state index contributed by atoms with van der Waals surface area (Å²) in [5.41, 5.74) is 6.48. The summed E-state index contributed by atoms with van der Waals surface area (Å²) in [4.78, 5) is 4.73. The van der Waals surface area contributed by atoms with Crippen molar-refractivity contribution in [3.05, 3.63) is 23.9 Å². The number of aromatic nitrogens is 1. The highest BCUT2D eigenvalue weighted by Gasteiger charge is 2.00. The van der Waals surface area contributed by atoms with E-state index in [0.717, 1.165) is 16.3 Å². The molecule has 0 fully saturated rings. The van der Waals surface area contributed by atoms with Gasteiger partial charge < -0.3 is 5.73 Å². The van der Waals surface area contributed by atoms with E-state index in [9.17, 15) is 0 Å². The Morgan fingerprint density at radius 1 is 1.44 bits per heavy atom. The molecule has 2 N–H and O–H groups in total. The van der Waals surface area contributed by atoms with E-state index < -0.39 is 0 Å². The molecule has 0 radical (unpaired) electrons. The first kappa shape index (κ1) is 13.5. The zero-order valence-corrected chi connectivity index (χ0v) is 11.2. The highest BCUT2D eigenvalue weighted by Crippen LogP contribution is 2.18. The number of hydrogen-bond donors (Lipinski definition) is 1. The minimum atomic E-state index is 0.440. The molecule has 0 bridgehead atoms. The van der Waals surface area contributed by atoms with E-state index >= 15 is 0 Å². The van der Waals surface area contributed by atoms with E-state index in [1.807, 2.05) is 12.1 Å². The second-order valence-electron chi connectivity index (χ2n) is 3.66. The van der Waals surface area contributed by atoms with Crippen molar-refractivity contribution in [1.82, 2.24) is 4.98 Å². The molecule has 0 saturated heterocycles. The highest BCUT2D eigenvalue weighted by atomic mass is 32.2. The van der Waals surface area contributed by atoms with Crippen LogP contribution in [-0.4, -0.2) is 15.7 Å². The van der Waals surface area contributed by atoms with Gasteiger partial charge in [0.1, 0.15) is 4.99 Å². The van der Waals surface area contributed by atoms with Gasteiger partial charge in [-0.2, -0.15) is 0 Å². The van der Waals surface area contributed by atoms with E-state index in [4.69, 9.17) is 18.0 Å². The third-order valence-corrected chi connectivity index (χ3v) is 3.51. The van der Waals surface area contributed by atoms with E-state index in [1.165, 1.54) is 25.7 Å². The van der Waals surface area contributed by atoms with Crippen molar-refractivity contribution in [2.75, 3.05) is 5.75 Å². The fraction of sp³-hybridized carbons (Fsp3) is 0.500. The van der Waals surface area contributed by atoms with Gasteiger partial charge in [0.05, 0.1) is 5.03 Å². The average molecular weight is 254 g/mol. The largest absolute Gasteiger partial charge is 0.389 e. The summed E-state index contributed by atoms with van der Waals surface area (Å²) < 4.78 is 0. The Bertz CT molecular complexity index is 340. The number of nitrogens with zero attached hydrogens (tertiary/aromatic N) is 1. The van der Waals surface area contributed by atoms with Crippen LogP contribution in [0.2, 0.25) is 0 Å². The molecule has 1 aromatic heterocycles. The van der Waals surface area contributed by atoms with Crippen molar-refractivity contribution in [3.8, 4) is 0 Å². The second kappa shape index (κ2) is 7.63. The van der Waals surface area contributed by atoms with Gasteiger partial charge in [-0.3, -0.25) is 0 Å². The van der Waals surface area contributed by atoms with Crippen LogP contribution >= 0.6 is 24.0 Å². The molecule has 2 nitrogen and oxygen atoms in total. The summed E-state index contributed by atoms with van der Waals surface area (Å²) in [7, 11) is 0. The average Bonchev–Trinajstić information content (AvgIpc) is 2.29. The maximum Gasteiger partial charge on any atom is 0.104 e. The van der Waals surface area contributed by atoms with Gasteiger partial charge in [-0.25, -0.2) is 4.98 Å². The van der Waals surface area contributed by atoms with Crippen LogP contribution in [0.3, 0.4) is 0 Å². The first-order valence-electron chi connectivity index (χ1n) is 5.62. The van der Waals surface area contributed by atoms with Crippen LogP contribution in [0.4, 0.5) is 0 Å². The fourth-order valence-electron chi connectivity index (χ4n) is 1.35. The Morgan fingerprint density at radius 2 is 2.25 bits per heavy atom. The van der Waals surface area contributed by atoms with E-state index in [-0.39, 0.29) is 0 Å². The van der Waals surface area contributed by atoms with Gasteiger partial charge >= 0.3 is 0 Å². The van der Waals surface area contributed by atoms with Crippen molar-refractivity contribution in [2.45, 2.75) is 37.6 Å². The lowest BCUT2D eigenvalue weighted by molar-refractivity contribution is 0.706. The van der Waals surface area contributed by atoms with Crippen LogP contribution in [0.1, 0.15) is 38.2 Å². The molecule has 1 aromatic rings. The lowest BCUT2D eigenvalue weighted by Crippen LogP contribution is -2.09. The Kier molecular flexibility index (Phi) is 6.42. The lowest BCUT2D eigenvalue weighted by atomic mass is 10.2. The smallest absolute Gasteiger partial charge is 0.104 e. The Morgan fingerprint density at radius 3 is 2.94 bits per heavy atom. The number of rotatable bonds is 7.